The maximum atomic E-state index is 13.5. The van der Waals surface area contributed by atoms with Crippen LogP contribution in [0.15, 0.2) is 54.6 Å². The second-order valence-corrected chi connectivity index (χ2v) is 6.09. The maximum absolute atomic E-state index is 13.5. The van der Waals surface area contributed by atoms with Gasteiger partial charge in [-0.15, -0.1) is 11.8 Å². The van der Waals surface area contributed by atoms with Crippen LogP contribution in [0.2, 0.25) is 0 Å². The number of anilines is 1. The molecule has 0 spiro atoms. The van der Waals surface area contributed by atoms with Crippen molar-refractivity contribution in [3.63, 3.8) is 0 Å². The van der Waals surface area contributed by atoms with Crippen molar-refractivity contribution in [1.82, 2.24) is 0 Å². The number of halogens is 1. The van der Waals surface area contributed by atoms with Gasteiger partial charge in [-0.25, -0.2) is 4.39 Å². The molecule has 1 N–H and O–H groups in total. The van der Waals surface area contributed by atoms with Crippen LogP contribution in [0.3, 0.4) is 0 Å². The molecule has 0 fully saturated rings. The molecule has 22 heavy (non-hydrogen) atoms. The zero-order valence-corrected chi connectivity index (χ0v) is 13.1. The molecule has 0 aliphatic carbocycles. The summed E-state index contributed by atoms with van der Waals surface area (Å²) < 4.78 is 19.0. The van der Waals surface area contributed by atoms with Gasteiger partial charge < -0.3 is 10.1 Å². The topological polar surface area (TPSA) is 38.3 Å². The molecule has 0 heterocycles. The molecule has 116 valence electrons. The van der Waals surface area contributed by atoms with Gasteiger partial charge in [0.15, 0.2) is 0 Å². The van der Waals surface area contributed by atoms with E-state index in [4.69, 9.17) is 4.74 Å². The first-order chi connectivity index (χ1) is 10.7. The molecule has 2 aromatic rings. The normalized spacial score (nSPS) is 11.7. The SMILES string of the molecule is CC(SCCOc1ccccc1)C(=O)Nc1ccccc1F. The maximum Gasteiger partial charge on any atom is 0.237 e. The number of rotatable bonds is 7. The van der Waals surface area contributed by atoms with Gasteiger partial charge in [-0.2, -0.15) is 0 Å². The number of ether oxygens (including phenoxy) is 1. The number of nitrogens with one attached hydrogen (secondary N) is 1. The number of para-hydroxylation sites is 2. The van der Waals surface area contributed by atoms with E-state index in [9.17, 15) is 9.18 Å². The van der Waals surface area contributed by atoms with Gasteiger partial charge >= 0.3 is 0 Å². The van der Waals surface area contributed by atoms with Crippen LogP contribution >= 0.6 is 11.8 Å². The van der Waals surface area contributed by atoms with Crippen LogP contribution in [-0.2, 0) is 4.79 Å². The molecule has 2 aromatic carbocycles. The lowest BCUT2D eigenvalue weighted by Gasteiger charge is -2.13. The van der Waals surface area contributed by atoms with Crippen molar-refractivity contribution >= 4 is 23.4 Å². The second-order valence-electron chi connectivity index (χ2n) is 4.64. The van der Waals surface area contributed by atoms with Crippen LogP contribution in [-0.4, -0.2) is 23.5 Å². The molecule has 1 unspecified atom stereocenters. The van der Waals surface area contributed by atoms with E-state index < -0.39 is 5.82 Å². The number of carbonyl (C=O) groups excluding carboxylic acids is 1. The van der Waals surface area contributed by atoms with E-state index >= 15 is 0 Å². The first-order valence-electron chi connectivity index (χ1n) is 7.01. The van der Waals surface area contributed by atoms with Crippen LogP contribution in [0.4, 0.5) is 10.1 Å². The zero-order chi connectivity index (χ0) is 15.8. The number of benzene rings is 2. The van der Waals surface area contributed by atoms with Crippen LogP contribution in [0.1, 0.15) is 6.92 Å². The highest BCUT2D eigenvalue weighted by Gasteiger charge is 2.14. The van der Waals surface area contributed by atoms with Gasteiger partial charge in [0.05, 0.1) is 17.5 Å². The number of hydrogen-bond donors (Lipinski definition) is 1. The minimum Gasteiger partial charge on any atom is -0.493 e. The van der Waals surface area contributed by atoms with Crippen molar-refractivity contribution in [1.29, 1.82) is 0 Å². The van der Waals surface area contributed by atoms with E-state index in [2.05, 4.69) is 5.32 Å². The van der Waals surface area contributed by atoms with Crippen molar-refractivity contribution < 1.29 is 13.9 Å². The third-order valence-corrected chi connectivity index (χ3v) is 4.08. The first-order valence-corrected chi connectivity index (χ1v) is 8.06. The summed E-state index contributed by atoms with van der Waals surface area (Å²) in [5.74, 6) is 0.850. The standard InChI is InChI=1S/C17H18FNO2S/c1-13(17(20)19-16-10-6-5-9-15(16)18)22-12-11-21-14-7-3-2-4-8-14/h2-10,13H,11-12H2,1H3,(H,19,20). The van der Waals surface area contributed by atoms with Crippen LogP contribution in [0.5, 0.6) is 5.75 Å². The Hall–Kier alpha value is -2.01. The van der Waals surface area contributed by atoms with E-state index in [0.717, 1.165) is 5.75 Å². The molecule has 0 radical (unpaired) electrons. The molecular weight excluding hydrogens is 301 g/mol. The summed E-state index contributed by atoms with van der Waals surface area (Å²) in [4.78, 5) is 12.0. The molecule has 1 atom stereocenters. The lowest BCUT2D eigenvalue weighted by atomic mass is 10.3. The highest BCUT2D eigenvalue weighted by Crippen LogP contribution is 2.17. The quantitative estimate of drug-likeness (QED) is 0.785. The minimum absolute atomic E-state index is 0.209. The molecule has 2 rings (SSSR count). The smallest absolute Gasteiger partial charge is 0.237 e. The molecule has 0 bridgehead atoms. The lowest BCUT2D eigenvalue weighted by molar-refractivity contribution is -0.115. The highest BCUT2D eigenvalue weighted by atomic mass is 32.2. The highest BCUT2D eigenvalue weighted by molar-refractivity contribution is 8.00. The summed E-state index contributed by atoms with van der Waals surface area (Å²) in [5.41, 5.74) is 0.209. The van der Waals surface area contributed by atoms with E-state index in [1.54, 1.807) is 25.1 Å². The van der Waals surface area contributed by atoms with Crippen LogP contribution < -0.4 is 10.1 Å². The molecule has 0 saturated carbocycles. The second kappa shape index (κ2) is 8.44. The Balaban J connectivity index is 1.71. The summed E-state index contributed by atoms with van der Waals surface area (Å²) in [6, 6.07) is 15.7. The fraction of sp³-hybridized carbons (Fsp3) is 0.235. The van der Waals surface area contributed by atoms with Gasteiger partial charge in [0, 0.05) is 5.75 Å². The fourth-order valence-corrected chi connectivity index (χ4v) is 2.52. The Labute approximate surface area is 133 Å². The number of amides is 1. The Morgan fingerprint density at radius 2 is 1.86 bits per heavy atom. The lowest BCUT2D eigenvalue weighted by Crippen LogP contribution is -2.24. The van der Waals surface area contributed by atoms with E-state index in [1.807, 2.05) is 30.3 Å². The Morgan fingerprint density at radius 1 is 1.18 bits per heavy atom. The van der Waals surface area contributed by atoms with Crippen molar-refractivity contribution in [3.05, 3.63) is 60.4 Å². The summed E-state index contributed by atoms with van der Waals surface area (Å²) in [6.07, 6.45) is 0. The van der Waals surface area contributed by atoms with Crippen LogP contribution in [0.25, 0.3) is 0 Å². The Kier molecular flexibility index (Phi) is 6.27. The van der Waals surface area contributed by atoms with Crippen molar-refractivity contribution in [2.45, 2.75) is 12.2 Å². The third-order valence-electron chi connectivity index (χ3n) is 2.96. The molecule has 0 saturated heterocycles. The summed E-state index contributed by atoms with van der Waals surface area (Å²) >= 11 is 1.47. The molecule has 0 aliphatic rings. The van der Waals surface area contributed by atoms with E-state index in [1.165, 1.54) is 17.8 Å². The van der Waals surface area contributed by atoms with Gasteiger partial charge in [-0.3, -0.25) is 4.79 Å². The molecule has 0 aromatic heterocycles. The fourth-order valence-electron chi connectivity index (χ4n) is 1.77. The third kappa shape index (κ3) is 5.07. The van der Waals surface area contributed by atoms with E-state index in [-0.39, 0.29) is 16.8 Å². The molecule has 1 amide bonds. The van der Waals surface area contributed by atoms with Gasteiger partial charge in [0.1, 0.15) is 11.6 Å². The number of thioether (sulfide) groups is 1. The van der Waals surface area contributed by atoms with Gasteiger partial charge in [-0.05, 0) is 31.2 Å². The summed E-state index contributed by atoms with van der Waals surface area (Å²) in [5, 5.41) is 2.31. The van der Waals surface area contributed by atoms with Crippen molar-refractivity contribution in [2.24, 2.45) is 0 Å². The monoisotopic (exact) mass is 319 g/mol. The van der Waals surface area contributed by atoms with Gasteiger partial charge in [-0.1, -0.05) is 30.3 Å². The number of carbonyl (C=O) groups is 1. The predicted molar refractivity (Wildman–Crippen MR) is 88.9 cm³/mol. The average molecular weight is 319 g/mol. The average Bonchev–Trinajstić information content (AvgIpc) is 2.54. The van der Waals surface area contributed by atoms with E-state index in [0.29, 0.717) is 12.4 Å². The Bertz CT molecular complexity index is 607. The van der Waals surface area contributed by atoms with Gasteiger partial charge in [0.25, 0.3) is 0 Å². The Morgan fingerprint density at radius 3 is 2.59 bits per heavy atom. The number of hydrogen-bond acceptors (Lipinski definition) is 3. The molecule has 3 nitrogen and oxygen atoms in total. The summed E-state index contributed by atoms with van der Waals surface area (Å²) in [6.45, 7) is 2.31. The van der Waals surface area contributed by atoms with Crippen molar-refractivity contribution in [3.8, 4) is 5.75 Å². The largest absolute Gasteiger partial charge is 0.493 e. The molecular formula is C17H18FNO2S. The molecule has 5 heteroatoms. The molecule has 0 aliphatic heterocycles. The predicted octanol–water partition coefficient (Wildman–Crippen LogP) is 3.96. The first kappa shape index (κ1) is 16.4. The minimum atomic E-state index is -0.430. The van der Waals surface area contributed by atoms with Crippen molar-refractivity contribution in [2.75, 3.05) is 17.7 Å². The summed E-state index contributed by atoms with van der Waals surface area (Å²) in [7, 11) is 0. The zero-order valence-electron chi connectivity index (χ0n) is 12.3. The van der Waals surface area contributed by atoms with Gasteiger partial charge in [0.2, 0.25) is 5.91 Å². The van der Waals surface area contributed by atoms with Crippen LogP contribution in [0, 0.1) is 5.82 Å².